The Kier molecular flexibility index (Phi) is 8.97. The first-order valence-electron chi connectivity index (χ1n) is 12.7. The van der Waals surface area contributed by atoms with Crippen LogP contribution in [0, 0.1) is 29.6 Å². The van der Waals surface area contributed by atoms with E-state index >= 15 is 0 Å². The molecule has 0 spiro atoms. The van der Waals surface area contributed by atoms with Gasteiger partial charge in [0.2, 0.25) is 0 Å². The number of nitrogens with one attached hydrogen (secondary N) is 2. The van der Waals surface area contributed by atoms with E-state index in [0.717, 1.165) is 11.0 Å². The van der Waals surface area contributed by atoms with Crippen molar-refractivity contribution in [3.8, 4) is 23.7 Å². The van der Waals surface area contributed by atoms with Gasteiger partial charge in [-0.2, -0.15) is 8.78 Å². The number of aromatic amines is 1. The van der Waals surface area contributed by atoms with Gasteiger partial charge in [-0.25, -0.2) is 4.79 Å². The number of hydrogen-bond donors (Lipinski definition) is 4. The molecule has 0 radical (unpaired) electrons. The van der Waals surface area contributed by atoms with Gasteiger partial charge in [-0.15, -0.1) is 0 Å². The lowest BCUT2D eigenvalue weighted by Gasteiger charge is -2.24. The monoisotopic (exact) mass is 541 g/mol. The normalized spacial score (nSPS) is 23.9. The first-order valence-corrected chi connectivity index (χ1v) is 12.7. The number of aliphatic hydroxyl groups is 2. The molecule has 4 atom stereocenters. The van der Waals surface area contributed by atoms with Gasteiger partial charge in [0.15, 0.2) is 0 Å². The molecule has 4 rings (SSSR count). The fraction of sp³-hybridized carbons (Fsp3) is 0.464. The molecule has 2 aromatic rings. The van der Waals surface area contributed by atoms with E-state index in [4.69, 9.17) is 4.74 Å². The molecule has 1 aromatic carbocycles. The van der Waals surface area contributed by atoms with E-state index in [9.17, 15) is 33.4 Å². The highest BCUT2D eigenvalue weighted by atomic mass is 19.3. The van der Waals surface area contributed by atoms with E-state index in [2.05, 4.69) is 34.0 Å². The molecular weight excluding hydrogens is 512 g/mol. The van der Waals surface area contributed by atoms with Crippen molar-refractivity contribution >= 4 is 5.91 Å². The van der Waals surface area contributed by atoms with Gasteiger partial charge in [0.05, 0.1) is 19.3 Å². The van der Waals surface area contributed by atoms with E-state index in [-0.39, 0.29) is 24.9 Å². The molecule has 1 saturated heterocycles. The summed E-state index contributed by atoms with van der Waals surface area (Å²) in [6.07, 6.45) is 1.13. The molecule has 1 fully saturated rings. The maximum absolute atomic E-state index is 14.4. The van der Waals surface area contributed by atoms with Gasteiger partial charge in [-0.05, 0) is 42.9 Å². The summed E-state index contributed by atoms with van der Waals surface area (Å²) in [5.41, 5.74) is -0.495. The maximum atomic E-state index is 14.4. The smallest absolute Gasteiger partial charge is 0.330 e. The molecular formula is C28H29F2N3O6. The number of carbonyl (C=O) groups is 1. The molecule has 2 heterocycles. The minimum Gasteiger partial charge on any atom is -0.394 e. The lowest BCUT2D eigenvalue weighted by Crippen LogP contribution is -2.33. The van der Waals surface area contributed by atoms with Crippen LogP contribution in [0.15, 0.2) is 40.1 Å². The predicted molar refractivity (Wildman–Crippen MR) is 137 cm³/mol. The summed E-state index contributed by atoms with van der Waals surface area (Å²) in [4.78, 5) is 39.0. The Morgan fingerprint density at radius 1 is 1.26 bits per heavy atom. The molecule has 1 amide bonds. The lowest BCUT2D eigenvalue weighted by molar-refractivity contribution is -0.0459. The number of hydrogen-bond acceptors (Lipinski definition) is 6. The number of amides is 1. The third-order valence-electron chi connectivity index (χ3n) is 6.79. The van der Waals surface area contributed by atoms with Gasteiger partial charge in [0.25, 0.3) is 11.5 Å². The van der Waals surface area contributed by atoms with Crippen molar-refractivity contribution in [2.45, 2.75) is 62.9 Å². The van der Waals surface area contributed by atoms with Gasteiger partial charge in [-0.1, -0.05) is 36.3 Å². The minimum atomic E-state index is -3.04. The van der Waals surface area contributed by atoms with Crippen molar-refractivity contribution in [2.24, 2.45) is 5.92 Å². The fourth-order valence-electron chi connectivity index (χ4n) is 4.58. The Morgan fingerprint density at radius 2 is 2.03 bits per heavy atom. The van der Waals surface area contributed by atoms with Crippen LogP contribution in [0.5, 0.6) is 0 Å². The van der Waals surface area contributed by atoms with Crippen molar-refractivity contribution in [1.29, 1.82) is 0 Å². The van der Waals surface area contributed by atoms with Crippen molar-refractivity contribution in [2.75, 3.05) is 13.2 Å². The fourth-order valence-corrected chi connectivity index (χ4v) is 4.58. The first-order chi connectivity index (χ1) is 18.7. The summed E-state index contributed by atoms with van der Waals surface area (Å²) in [7, 11) is 0. The minimum absolute atomic E-state index is 0.0468. The number of aromatic nitrogens is 2. The number of H-pyrrole nitrogens is 1. The second-order valence-electron chi connectivity index (χ2n) is 9.58. The Morgan fingerprint density at radius 3 is 2.74 bits per heavy atom. The van der Waals surface area contributed by atoms with Crippen LogP contribution in [0.25, 0.3) is 0 Å². The Bertz CT molecular complexity index is 1430. The number of nitrogens with zero attached hydrogens (tertiary/aromatic N) is 1. The summed E-state index contributed by atoms with van der Waals surface area (Å²) in [6, 6.07) is 6.41. The Hall–Kier alpha value is -3.77. The molecule has 0 bridgehead atoms. The number of aliphatic hydroxyl groups excluding tert-OH is 2. The van der Waals surface area contributed by atoms with Gasteiger partial charge in [0, 0.05) is 30.5 Å². The van der Waals surface area contributed by atoms with Gasteiger partial charge in [-0.3, -0.25) is 19.1 Å². The molecule has 1 aromatic heterocycles. The van der Waals surface area contributed by atoms with Gasteiger partial charge in [0.1, 0.15) is 17.9 Å². The molecule has 2 aliphatic rings. The third-order valence-corrected chi connectivity index (χ3v) is 6.79. The molecule has 1 unspecified atom stereocenters. The second kappa shape index (κ2) is 12.4. The van der Waals surface area contributed by atoms with Crippen LogP contribution in [0.4, 0.5) is 8.78 Å². The summed E-state index contributed by atoms with van der Waals surface area (Å²) in [5, 5.41) is 21.7. The maximum Gasteiger partial charge on any atom is 0.330 e. The number of ether oxygens (including phenoxy) is 1. The molecule has 11 heteroatoms. The highest BCUT2D eigenvalue weighted by Gasteiger charge is 2.38. The molecule has 39 heavy (non-hydrogen) atoms. The number of alkyl halides is 2. The molecule has 206 valence electrons. The SMILES string of the molecule is O=C(NCC#Cc1cn([C@H]2C[C@H](O)[C@@H](CO)O2)c(=O)[nH]c1=O)c1ccc(CC2CCCCC#CC2(F)F)cc1. The van der Waals surface area contributed by atoms with Gasteiger partial charge < -0.3 is 20.3 Å². The molecule has 1 aliphatic carbocycles. The van der Waals surface area contributed by atoms with E-state index in [1.54, 1.807) is 24.3 Å². The molecule has 0 saturated carbocycles. The molecule has 4 N–H and O–H groups in total. The summed E-state index contributed by atoms with van der Waals surface area (Å²) in [5.74, 6) is 5.57. The van der Waals surface area contributed by atoms with Crippen molar-refractivity contribution in [1.82, 2.24) is 14.9 Å². The van der Waals surface area contributed by atoms with Gasteiger partial charge >= 0.3 is 11.6 Å². The molecule has 1 aliphatic heterocycles. The van der Waals surface area contributed by atoms with Crippen LogP contribution < -0.4 is 16.6 Å². The zero-order valence-electron chi connectivity index (χ0n) is 21.1. The van der Waals surface area contributed by atoms with E-state index in [1.807, 2.05) is 0 Å². The predicted octanol–water partition coefficient (Wildman–Crippen LogP) is 1.33. The largest absolute Gasteiger partial charge is 0.394 e. The number of rotatable bonds is 6. The highest BCUT2D eigenvalue weighted by molar-refractivity contribution is 5.94. The quantitative estimate of drug-likeness (QED) is 0.408. The summed E-state index contributed by atoms with van der Waals surface area (Å²) >= 11 is 0. The number of halogens is 2. The van der Waals surface area contributed by atoms with Crippen LogP contribution >= 0.6 is 0 Å². The van der Waals surface area contributed by atoms with Crippen LogP contribution in [-0.2, 0) is 11.2 Å². The summed E-state index contributed by atoms with van der Waals surface area (Å²) < 4.78 is 35.3. The van der Waals surface area contributed by atoms with Crippen LogP contribution in [0.3, 0.4) is 0 Å². The van der Waals surface area contributed by atoms with E-state index < -0.39 is 54.0 Å². The average Bonchev–Trinajstić information content (AvgIpc) is 3.28. The Balaban J connectivity index is 1.35. The van der Waals surface area contributed by atoms with Crippen molar-refractivity contribution < 1.29 is 28.5 Å². The Labute approximate surface area is 223 Å². The van der Waals surface area contributed by atoms with Crippen molar-refractivity contribution in [3.63, 3.8) is 0 Å². The topological polar surface area (TPSA) is 134 Å². The second-order valence-corrected chi connectivity index (χ2v) is 9.58. The van der Waals surface area contributed by atoms with E-state index in [0.29, 0.717) is 30.4 Å². The first kappa shape index (κ1) is 28.2. The average molecular weight is 542 g/mol. The zero-order valence-corrected chi connectivity index (χ0v) is 21.1. The highest BCUT2D eigenvalue weighted by Crippen LogP contribution is 2.33. The molecule has 9 nitrogen and oxygen atoms in total. The lowest BCUT2D eigenvalue weighted by atomic mass is 9.87. The number of benzene rings is 1. The summed E-state index contributed by atoms with van der Waals surface area (Å²) in [6.45, 7) is -0.520. The zero-order chi connectivity index (χ0) is 28.0. The van der Waals surface area contributed by atoms with Crippen LogP contribution in [0.1, 0.15) is 59.8 Å². The van der Waals surface area contributed by atoms with Crippen molar-refractivity contribution in [3.05, 3.63) is 68.0 Å². The third kappa shape index (κ3) is 7.01. The standard InChI is InChI=1S/C28H29F2N3O6/c29-28(30)12-4-2-1-3-7-21(28)14-18-8-10-19(11-9-18)25(36)31-13-5-6-20-16-33(27(38)32-26(20)37)24-15-22(35)23(17-34)39-24/h8-11,16,21-24,34-35H,1-3,7,13-15,17H2,(H,31,36)(H,32,37,38)/t21?,22-,23+,24+/m0/s1. The van der Waals surface area contributed by atoms with E-state index in [1.165, 1.54) is 6.20 Å². The number of carbonyl (C=O) groups excluding carboxylic acids is 1. The van der Waals surface area contributed by atoms with Crippen LogP contribution in [-0.4, -0.2) is 57.0 Å². The van der Waals surface area contributed by atoms with Crippen LogP contribution in [0.2, 0.25) is 0 Å².